The average Bonchev–Trinajstić information content (AvgIpc) is 3.23. The fourth-order valence-electron chi connectivity index (χ4n) is 3.42. The number of hydrogen-bond donors (Lipinski definition) is 1. The molecule has 0 aliphatic carbocycles. The third-order valence-electron chi connectivity index (χ3n) is 5.08. The summed E-state index contributed by atoms with van der Waals surface area (Å²) in [6.45, 7) is 5.69. The van der Waals surface area contributed by atoms with Crippen LogP contribution in [0.4, 0.5) is 10.5 Å². The zero-order valence-corrected chi connectivity index (χ0v) is 16.9. The van der Waals surface area contributed by atoms with Gasteiger partial charge in [-0.1, -0.05) is 26.0 Å². The molecule has 1 aliphatic heterocycles. The molecule has 0 saturated heterocycles. The second-order valence-corrected chi connectivity index (χ2v) is 7.82. The first-order valence-corrected chi connectivity index (χ1v) is 9.56. The van der Waals surface area contributed by atoms with Gasteiger partial charge >= 0.3 is 6.03 Å². The number of carbonyl (C=O) groups is 1. The van der Waals surface area contributed by atoms with E-state index in [1.165, 1.54) is 0 Å². The summed E-state index contributed by atoms with van der Waals surface area (Å²) < 4.78 is 2.16. The number of aryl methyl sites for hydroxylation is 1. The predicted octanol–water partition coefficient (Wildman–Crippen LogP) is 2.83. The summed E-state index contributed by atoms with van der Waals surface area (Å²) in [6.07, 6.45) is 2.06. The summed E-state index contributed by atoms with van der Waals surface area (Å²) in [4.78, 5) is 16.6. The maximum atomic E-state index is 12.8. The van der Waals surface area contributed by atoms with Crippen molar-refractivity contribution in [3.63, 3.8) is 0 Å². The number of amides is 2. The third kappa shape index (κ3) is 4.23. The number of aromatic nitrogens is 3. The number of rotatable bonds is 6. The maximum Gasteiger partial charge on any atom is 0.318 e. The van der Waals surface area contributed by atoms with Gasteiger partial charge in [0.2, 0.25) is 0 Å². The van der Waals surface area contributed by atoms with Crippen LogP contribution in [0.5, 0.6) is 0 Å². The van der Waals surface area contributed by atoms with E-state index in [9.17, 15) is 4.79 Å². The standard InChI is InChI=1S/C20H30N6O/c1-14(2)18(19-23-22-17-7-6-12-26(17)19)21-20(27)25(5)13-15-8-10-16(11-9-15)24(3)4/h8-11,14,18H,6-7,12-13H2,1-5H3,(H,21,27). The number of anilines is 1. The SMILES string of the molecule is CC(C)C(NC(=O)N(C)Cc1ccc(N(C)C)cc1)c1nnc2n1CCC2. The molecule has 1 aromatic heterocycles. The van der Waals surface area contributed by atoms with Gasteiger partial charge in [0.1, 0.15) is 5.82 Å². The van der Waals surface area contributed by atoms with E-state index in [4.69, 9.17) is 0 Å². The highest BCUT2D eigenvalue weighted by Gasteiger charge is 2.28. The van der Waals surface area contributed by atoms with Crippen LogP contribution >= 0.6 is 0 Å². The Hall–Kier alpha value is -2.57. The topological polar surface area (TPSA) is 66.3 Å². The van der Waals surface area contributed by atoms with Crippen LogP contribution in [-0.2, 0) is 19.5 Å². The summed E-state index contributed by atoms with van der Waals surface area (Å²) in [5.74, 6) is 2.13. The van der Waals surface area contributed by atoms with Gasteiger partial charge in [-0.3, -0.25) is 0 Å². The Balaban J connectivity index is 1.66. The molecule has 2 heterocycles. The van der Waals surface area contributed by atoms with Crippen molar-refractivity contribution in [2.24, 2.45) is 5.92 Å². The Kier molecular flexibility index (Phi) is 5.68. The van der Waals surface area contributed by atoms with Crippen LogP contribution in [0, 0.1) is 5.92 Å². The summed E-state index contributed by atoms with van der Waals surface area (Å²) in [5.41, 5.74) is 2.24. The average molecular weight is 371 g/mol. The van der Waals surface area contributed by atoms with Crippen LogP contribution < -0.4 is 10.2 Å². The predicted molar refractivity (Wildman–Crippen MR) is 107 cm³/mol. The van der Waals surface area contributed by atoms with Gasteiger partial charge < -0.3 is 19.7 Å². The monoisotopic (exact) mass is 370 g/mol. The number of hydrogen-bond acceptors (Lipinski definition) is 4. The molecule has 3 rings (SSSR count). The summed E-state index contributed by atoms with van der Waals surface area (Å²) in [6, 6.07) is 8.01. The molecule has 0 spiro atoms. The van der Waals surface area contributed by atoms with E-state index in [0.29, 0.717) is 6.54 Å². The molecule has 0 radical (unpaired) electrons. The van der Waals surface area contributed by atoms with Crippen molar-refractivity contribution in [2.75, 3.05) is 26.0 Å². The van der Waals surface area contributed by atoms with Gasteiger partial charge in [-0.05, 0) is 30.0 Å². The second kappa shape index (κ2) is 7.98. The van der Waals surface area contributed by atoms with Crippen molar-refractivity contribution >= 4 is 11.7 Å². The number of carbonyl (C=O) groups excluding carboxylic acids is 1. The zero-order chi connectivity index (χ0) is 19.6. The number of benzene rings is 1. The lowest BCUT2D eigenvalue weighted by molar-refractivity contribution is 0.197. The van der Waals surface area contributed by atoms with Gasteiger partial charge in [0, 0.05) is 46.3 Å². The van der Waals surface area contributed by atoms with Crippen LogP contribution in [0.1, 0.15) is 43.5 Å². The second-order valence-electron chi connectivity index (χ2n) is 7.82. The van der Waals surface area contributed by atoms with Crippen molar-refractivity contribution in [1.82, 2.24) is 25.0 Å². The Morgan fingerprint density at radius 1 is 1.19 bits per heavy atom. The highest BCUT2D eigenvalue weighted by Crippen LogP contribution is 2.25. The van der Waals surface area contributed by atoms with Crippen molar-refractivity contribution in [3.05, 3.63) is 41.5 Å². The molecule has 7 nitrogen and oxygen atoms in total. The number of urea groups is 1. The molecule has 1 N–H and O–H groups in total. The van der Waals surface area contributed by atoms with Gasteiger partial charge in [0.05, 0.1) is 6.04 Å². The zero-order valence-electron chi connectivity index (χ0n) is 16.9. The maximum absolute atomic E-state index is 12.8. The molecule has 1 unspecified atom stereocenters. The molecule has 7 heteroatoms. The van der Waals surface area contributed by atoms with Crippen molar-refractivity contribution in [3.8, 4) is 0 Å². The van der Waals surface area contributed by atoms with Gasteiger partial charge in [-0.2, -0.15) is 0 Å². The van der Waals surface area contributed by atoms with Gasteiger partial charge in [0.15, 0.2) is 5.82 Å². The molecule has 146 valence electrons. The van der Waals surface area contributed by atoms with Crippen LogP contribution in [0.15, 0.2) is 24.3 Å². The van der Waals surface area contributed by atoms with Crippen LogP contribution in [0.2, 0.25) is 0 Å². The molecule has 1 aromatic carbocycles. The quantitative estimate of drug-likeness (QED) is 0.849. The van der Waals surface area contributed by atoms with Crippen molar-refractivity contribution in [1.29, 1.82) is 0 Å². The van der Waals surface area contributed by atoms with E-state index in [0.717, 1.165) is 42.3 Å². The Labute approximate surface area is 161 Å². The lowest BCUT2D eigenvalue weighted by Crippen LogP contribution is -2.41. The third-order valence-corrected chi connectivity index (χ3v) is 5.08. The number of nitrogens with zero attached hydrogens (tertiary/aromatic N) is 5. The van der Waals surface area contributed by atoms with Crippen LogP contribution in [0.3, 0.4) is 0 Å². The van der Waals surface area contributed by atoms with Crippen LogP contribution in [-0.4, -0.2) is 46.8 Å². The molecular weight excluding hydrogens is 340 g/mol. The largest absolute Gasteiger partial charge is 0.378 e. The normalized spacial score (nSPS) is 14.1. The number of fused-ring (bicyclic) bond motifs is 1. The first kappa shape index (κ1) is 19.2. The van der Waals surface area contributed by atoms with E-state index in [1.54, 1.807) is 4.90 Å². The molecule has 1 aliphatic rings. The first-order chi connectivity index (χ1) is 12.9. The fraction of sp³-hybridized carbons (Fsp3) is 0.550. The van der Waals surface area contributed by atoms with Gasteiger partial charge in [-0.15, -0.1) is 10.2 Å². The minimum atomic E-state index is -0.143. The van der Waals surface area contributed by atoms with Gasteiger partial charge in [-0.25, -0.2) is 4.79 Å². The molecule has 0 saturated carbocycles. The van der Waals surface area contributed by atoms with Gasteiger partial charge in [0.25, 0.3) is 0 Å². The molecule has 27 heavy (non-hydrogen) atoms. The summed E-state index contributed by atoms with van der Waals surface area (Å²) >= 11 is 0. The molecular formula is C20H30N6O. The Bertz CT molecular complexity index is 780. The Morgan fingerprint density at radius 3 is 2.52 bits per heavy atom. The molecule has 2 amide bonds. The molecule has 1 atom stereocenters. The highest BCUT2D eigenvalue weighted by atomic mass is 16.2. The summed E-state index contributed by atoms with van der Waals surface area (Å²) in [5, 5.41) is 11.8. The van der Waals surface area contributed by atoms with E-state index < -0.39 is 0 Å². The minimum absolute atomic E-state index is 0.0965. The first-order valence-electron chi connectivity index (χ1n) is 9.56. The van der Waals surface area contributed by atoms with E-state index >= 15 is 0 Å². The fourth-order valence-corrected chi connectivity index (χ4v) is 3.42. The summed E-state index contributed by atoms with van der Waals surface area (Å²) in [7, 11) is 5.85. The molecule has 0 bridgehead atoms. The minimum Gasteiger partial charge on any atom is -0.378 e. The molecule has 2 aromatic rings. The van der Waals surface area contributed by atoms with Crippen LogP contribution in [0.25, 0.3) is 0 Å². The smallest absolute Gasteiger partial charge is 0.318 e. The lowest BCUT2D eigenvalue weighted by Gasteiger charge is -2.26. The lowest BCUT2D eigenvalue weighted by atomic mass is 10.0. The number of nitrogens with one attached hydrogen (secondary N) is 1. The van der Waals surface area contributed by atoms with Crippen molar-refractivity contribution in [2.45, 2.75) is 45.8 Å². The van der Waals surface area contributed by atoms with E-state index in [1.807, 2.05) is 21.1 Å². The van der Waals surface area contributed by atoms with E-state index in [2.05, 4.69) is 63.1 Å². The Morgan fingerprint density at radius 2 is 1.89 bits per heavy atom. The van der Waals surface area contributed by atoms with E-state index in [-0.39, 0.29) is 18.0 Å². The van der Waals surface area contributed by atoms with Crippen molar-refractivity contribution < 1.29 is 4.79 Å². The molecule has 0 fully saturated rings. The highest BCUT2D eigenvalue weighted by molar-refractivity contribution is 5.74.